The summed E-state index contributed by atoms with van der Waals surface area (Å²) < 4.78 is 41.4. The fourth-order valence-electron chi connectivity index (χ4n) is 5.69. The van der Waals surface area contributed by atoms with Crippen molar-refractivity contribution in [2.45, 2.75) is 89.6 Å². The second-order valence-electron chi connectivity index (χ2n) is 11.0. The molecule has 2 fully saturated rings. The standard InChI is InChI=1S/C26H35F3N4O2S/c1-24(2)22(34)33(23(36)31-24,21-18(17-30)11-9-12-19(21)26(27,28)29)16-8-6-5-7-14-32-15-10-13-20(32)25(3,4)35/h9,11-12,20,35H,5-8,10,13-16H2,1-4H3/p+1/t20-,33?/m1/s1. The minimum Gasteiger partial charge on any atom is -0.389 e. The molecule has 1 unspecified atom stereocenters. The number of nitrogens with one attached hydrogen (secondary N) is 1. The Morgan fingerprint density at radius 3 is 2.47 bits per heavy atom. The highest BCUT2D eigenvalue weighted by Crippen LogP contribution is 2.45. The average Bonchev–Trinajstić information content (AvgIpc) is 3.32. The number of hydrogen-bond donors (Lipinski definition) is 2. The maximum Gasteiger partial charge on any atom is 0.422 e. The number of benzene rings is 1. The summed E-state index contributed by atoms with van der Waals surface area (Å²) in [6.07, 6.45) is 0.157. The van der Waals surface area contributed by atoms with Gasteiger partial charge in [0, 0.05) is 18.3 Å². The molecular formula is C26H36F3N4O2S+. The molecule has 1 amide bonds. The number of quaternary nitrogens is 1. The number of para-hydroxylation sites is 1. The number of amides is 1. The van der Waals surface area contributed by atoms with Crippen LogP contribution < -0.4 is 9.80 Å². The molecule has 0 radical (unpaired) electrons. The molecule has 3 rings (SSSR count). The molecular weight excluding hydrogens is 489 g/mol. The molecule has 36 heavy (non-hydrogen) atoms. The van der Waals surface area contributed by atoms with Gasteiger partial charge in [0.25, 0.3) is 5.11 Å². The Bertz CT molecular complexity index is 1050. The second-order valence-corrected chi connectivity index (χ2v) is 11.4. The maximum absolute atomic E-state index is 14.1. The lowest BCUT2D eigenvalue weighted by Gasteiger charge is -2.34. The van der Waals surface area contributed by atoms with Gasteiger partial charge in [-0.25, -0.2) is 4.79 Å². The first-order valence-electron chi connectivity index (χ1n) is 12.5. The van der Waals surface area contributed by atoms with Crippen molar-refractivity contribution in [3.05, 3.63) is 29.3 Å². The highest BCUT2D eigenvalue weighted by atomic mass is 32.1. The molecule has 1 aromatic carbocycles. The Balaban J connectivity index is 1.79. The number of thiocarbonyl (C=S) groups is 1. The van der Waals surface area contributed by atoms with Crippen LogP contribution in [0.25, 0.3) is 0 Å². The van der Waals surface area contributed by atoms with Crippen molar-refractivity contribution in [1.82, 2.24) is 14.7 Å². The van der Waals surface area contributed by atoms with Crippen LogP contribution in [-0.4, -0.2) is 57.8 Å². The van der Waals surface area contributed by atoms with Gasteiger partial charge >= 0.3 is 12.1 Å². The molecule has 0 spiro atoms. The summed E-state index contributed by atoms with van der Waals surface area (Å²) in [5.74, 6) is -0.495. The van der Waals surface area contributed by atoms with E-state index in [0.717, 1.165) is 44.8 Å². The number of aliphatic hydroxyl groups is 1. The topological polar surface area (TPSA) is 76.4 Å². The largest absolute Gasteiger partial charge is 0.422 e. The van der Waals surface area contributed by atoms with E-state index in [1.165, 1.54) is 12.1 Å². The van der Waals surface area contributed by atoms with Gasteiger partial charge in [0.05, 0.1) is 12.1 Å². The molecule has 2 atom stereocenters. The summed E-state index contributed by atoms with van der Waals surface area (Å²) >= 11 is 5.51. The lowest BCUT2D eigenvalue weighted by molar-refractivity contribution is -0.138. The Kier molecular flexibility index (Phi) is 8.21. The van der Waals surface area contributed by atoms with Gasteiger partial charge in [0.1, 0.15) is 17.2 Å². The van der Waals surface area contributed by atoms with Crippen LogP contribution >= 0.6 is 12.2 Å². The third kappa shape index (κ3) is 5.44. The second kappa shape index (κ2) is 10.4. The summed E-state index contributed by atoms with van der Waals surface area (Å²) in [4.78, 5) is 16.0. The number of alkyl halides is 3. The molecule has 0 saturated carbocycles. The first-order chi connectivity index (χ1) is 16.7. The van der Waals surface area contributed by atoms with E-state index in [1.54, 1.807) is 13.8 Å². The zero-order valence-corrected chi connectivity index (χ0v) is 22.2. The summed E-state index contributed by atoms with van der Waals surface area (Å²) in [5, 5.41) is 23.0. The summed E-state index contributed by atoms with van der Waals surface area (Å²) in [5.41, 5.74) is -3.52. The minimum atomic E-state index is -4.75. The molecule has 2 N–H and O–H groups in total. The summed E-state index contributed by atoms with van der Waals surface area (Å²) in [6.45, 7) is 8.70. The van der Waals surface area contributed by atoms with Crippen LogP contribution in [0.1, 0.15) is 77.3 Å². The van der Waals surface area contributed by atoms with E-state index in [0.29, 0.717) is 12.8 Å². The predicted molar refractivity (Wildman–Crippen MR) is 137 cm³/mol. The molecule has 2 saturated heterocycles. The molecule has 0 bridgehead atoms. The number of halogens is 3. The van der Waals surface area contributed by atoms with Gasteiger partial charge < -0.3 is 10.4 Å². The van der Waals surface area contributed by atoms with Crippen LogP contribution in [0.4, 0.5) is 18.9 Å². The Labute approximate surface area is 216 Å². The van der Waals surface area contributed by atoms with Gasteiger partial charge in [-0.15, -0.1) is 0 Å². The number of unbranched alkanes of at least 4 members (excludes halogenated alkanes) is 3. The number of nitrogens with zero attached hydrogens (tertiary/aromatic N) is 3. The molecule has 0 aliphatic carbocycles. The first kappa shape index (κ1) is 28.5. The smallest absolute Gasteiger partial charge is 0.389 e. The normalized spacial score (nSPS) is 24.7. The zero-order chi connectivity index (χ0) is 26.9. The van der Waals surface area contributed by atoms with Crippen LogP contribution in [0.2, 0.25) is 0 Å². The quantitative estimate of drug-likeness (QED) is 0.272. The highest BCUT2D eigenvalue weighted by Gasteiger charge is 2.61. The van der Waals surface area contributed by atoms with Crippen molar-refractivity contribution in [1.29, 1.82) is 5.26 Å². The highest BCUT2D eigenvalue weighted by molar-refractivity contribution is 7.80. The van der Waals surface area contributed by atoms with Gasteiger partial charge in [0.2, 0.25) is 0 Å². The first-order valence-corrected chi connectivity index (χ1v) is 12.9. The van der Waals surface area contributed by atoms with Crippen LogP contribution in [0, 0.1) is 11.3 Å². The number of carbonyl (C=O) groups is 1. The van der Waals surface area contributed by atoms with Crippen molar-refractivity contribution in [2.24, 2.45) is 0 Å². The molecule has 2 aliphatic rings. The molecule has 2 heterocycles. The Morgan fingerprint density at radius 2 is 1.92 bits per heavy atom. The van der Waals surface area contributed by atoms with Crippen LogP contribution in [0.15, 0.2) is 18.2 Å². The van der Waals surface area contributed by atoms with Crippen LogP contribution in [0.5, 0.6) is 0 Å². The number of nitriles is 1. The Hall–Kier alpha value is -2.06. The monoisotopic (exact) mass is 525 g/mol. The lowest BCUT2D eigenvalue weighted by Crippen LogP contribution is -2.57. The van der Waals surface area contributed by atoms with Gasteiger partial charge in [0.15, 0.2) is 11.2 Å². The van der Waals surface area contributed by atoms with Crippen molar-refractivity contribution in [2.75, 3.05) is 19.6 Å². The molecule has 1 aromatic rings. The van der Waals surface area contributed by atoms with E-state index in [9.17, 15) is 28.3 Å². The fourth-order valence-corrected chi connectivity index (χ4v) is 6.21. The van der Waals surface area contributed by atoms with E-state index < -0.39 is 33.3 Å². The van der Waals surface area contributed by atoms with Gasteiger partial charge in [-0.2, -0.15) is 22.9 Å². The number of hydrogen-bond acceptors (Lipinski definition) is 5. The Morgan fingerprint density at radius 1 is 1.25 bits per heavy atom. The average molecular weight is 526 g/mol. The molecule has 10 heteroatoms. The third-order valence-electron chi connectivity index (χ3n) is 7.36. The van der Waals surface area contributed by atoms with Crippen molar-refractivity contribution >= 4 is 28.9 Å². The van der Waals surface area contributed by atoms with E-state index in [1.807, 2.05) is 19.9 Å². The predicted octanol–water partition coefficient (Wildman–Crippen LogP) is 4.87. The number of rotatable bonds is 9. The summed E-state index contributed by atoms with van der Waals surface area (Å²) in [7, 11) is 0. The fraction of sp³-hybridized carbons (Fsp3) is 0.654. The SMILES string of the molecule is CC1(C)NC(=S)[N+](CCCCCCN2CCC[C@@H]2C(C)(C)O)(c2c(C#N)cccc2C(F)(F)F)C1=O. The lowest BCUT2D eigenvalue weighted by atomic mass is 9.96. The zero-order valence-electron chi connectivity index (χ0n) is 21.4. The van der Waals surface area contributed by atoms with Crippen LogP contribution in [0.3, 0.4) is 0 Å². The van der Waals surface area contributed by atoms with E-state index in [2.05, 4.69) is 10.2 Å². The molecule has 198 valence electrons. The number of likely N-dealkylation sites (tertiary alicyclic amines) is 1. The van der Waals surface area contributed by atoms with Gasteiger partial charge in [-0.1, -0.05) is 12.5 Å². The third-order valence-corrected chi connectivity index (χ3v) is 7.77. The van der Waals surface area contributed by atoms with Gasteiger partial charge in [-0.05, 0) is 85.0 Å². The maximum atomic E-state index is 14.1. The van der Waals surface area contributed by atoms with Gasteiger partial charge in [-0.3, -0.25) is 4.90 Å². The molecule has 2 aliphatic heterocycles. The molecule has 6 nitrogen and oxygen atoms in total. The van der Waals surface area contributed by atoms with E-state index in [-0.39, 0.29) is 28.9 Å². The molecule has 0 aromatic heterocycles. The van der Waals surface area contributed by atoms with Crippen molar-refractivity contribution in [3.8, 4) is 6.07 Å². The summed E-state index contributed by atoms with van der Waals surface area (Å²) in [6, 6.07) is 5.38. The van der Waals surface area contributed by atoms with E-state index in [4.69, 9.17) is 12.2 Å². The minimum absolute atomic E-state index is 0.0108. The van der Waals surface area contributed by atoms with Crippen molar-refractivity contribution < 1.29 is 23.1 Å². The van der Waals surface area contributed by atoms with Crippen molar-refractivity contribution in [3.63, 3.8) is 0 Å². The van der Waals surface area contributed by atoms with E-state index >= 15 is 0 Å². The number of carbonyl (C=O) groups excluding carboxylic acids is 1. The van der Waals surface area contributed by atoms with Crippen LogP contribution in [-0.2, 0) is 11.0 Å².